The van der Waals surface area contributed by atoms with Gasteiger partial charge in [-0.25, -0.2) is 4.98 Å². The van der Waals surface area contributed by atoms with Gasteiger partial charge in [-0.2, -0.15) is 8.78 Å². The summed E-state index contributed by atoms with van der Waals surface area (Å²) in [5.74, 6) is 0.329. The van der Waals surface area contributed by atoms with Gasteiger partial charge in [0, 0.05) is 23.5 Å². The molecule has 0 aliphatic carbocycles. The van der Waals surface area contributed by atoms with Crippen LogP contribution in [0.3, 0.4) is 0 Å². The molecule has 3 aromatic carbocycles. The van der Waals surface area contributed by atoms with Crippen LogP contribution in [0.15, 0.2) is 90.2 Å². The summed E-state index contributed by atoms with van der Waals surface area (Å²) in [5.41, 5.74) is 4.68. The van der Waals surface area contributed by atoms with E-state index in [1.54, 1.807) is 18.3 Å². The molecule has 2 heterocycles. The van der Waals surface area contributed by atoms with Crippen molar-refractivity contribution in [3.63, 3.8) is 0 Å². The number of imidazole rings is 1. The number of hydrogen-bond donors (Lipinski definition) is 0. The molecule has 0 radical (unpaired) electrons. The summed E-state index contributed by atoms with van der Waals surface area (Å²) in [6.07, 6.45) is 2.61. The maximum atomic E-state index is 13.0. The molecule has 5 rings (SSSR count). The molecular formula is C26H21F2N3O2S. The fraction of sp³-hybridized carbons (Fsp3) is 0.154. The maximum Gasteiger partial charge on any atom is 0.387 e. The molecule has 0 saturated carbocycles. The van der Waals surface area contributed by atoms with E-state index in [1.807, 2.05) is 58.0 Å². The van der Waals surface area contributed by atoms with Gasteiger partial charge in [-0.05, 0) is 42.3 Å². The van der Waals surface area contributed by atoms with E-state index in [2.05, 4.69) is 15.8 Å². The summed E-state index contributed by atoms with van der Waals surface area (Å²) in [5, 5.41) is 0.641. The van der Waals surface area contributed by atoms with E-state index in [0.29, 0.717) is 11.7 Å². The average molecular weight is 478 g/mol. The summed E-state index contributed by atoms with van der Waals surface area (Å²) < 4.78 is 31.5. The van der Waals surface area contributed by atoms with Crippen molar-refractivity contribution in [1.82, 2.24) is 9.55 Å². The van der Waals surface area contributed by atoms with E-state index in [4.69, 9.17) is 0 Å². The lowest BCUT2D eigenvalue weighted by Gasteiger charge is -2.17. The van der Waals surface area contributed by atoms with Crippen LogP contribution in [0.2, 0.25) is 0 Å². The first-order valence-corrected chi connectivity index (χ1v) is 11.8. The van der Waals surface area contributed by atoms with Crippen LogP contribution in [0, 0.1) is 0 Å². The Bertz CT molecular complexity index is 1290. The Kier molecular flexibility index (Phi) is 6.31. The average Bonchev–Trinajstić information content (AvgIpc) is 3.48. The number of fused-ring (bicyclic) bond motifs is 1. The normalized spacial score (nSPS) is 12.7. The van der Waals surface area contributed by atoms with Gasteiger partial charge in [-0.3, -0.25) is 9.36 Å². The zero-order valence-corrected chi connectivity index (χ0v) is 18.9. The number of halogens is 2. The first-order chi connectivity index (χ1) is 16.6. The van der Waals surface area contributed by atoms with Gasteiger partial charge in [-0.1, -0.05) is 60.3 Å². The number of para-hydroxylation sites is 1. The Morgan fingerprint density at radius 3 is 2.50 bits per heavy atom. The lowest BCUT2D eigenvalue weighted by atomic mass is 10.1. The topological polar surface area (TPSA) is 47.4 Å². The highest BCUT2D eigenvalue weighted by atomic mass is 32.2. The molecule has 0 N–H and O–H groups in total. The molecule has 8 heteroatoms. The molecule has 5 nitrogen and oxygen atoms in total. The maximum absolute atomic E-state index is 13.0. The second kappa shape index (κ2) is 9.69. The highest BCUT2D eigenvalue weighted by Gasteiger charge is 2.25. The Morgan fingerprint density at radius 2 is 1.74 bits per heavy atom. The van der Waals surface area contributed by atoms with Crippen molar-refractivity contribution < 1.29 is 18.3 Å². The Labute approximate surface area is 200 Å². The zero-order chi connectivity index (χ0) is 23.5. The molecule has 0 spiro atoms. The van der Waals surface area contributed by atoms with Crippen LogP contribution in [0.4, 0.5) is 14.5 Å². The predicted octanol–water partition coefficient (Wildman–Crippen LogP) is 5.82. The molecule has 0 fully saturated rings. The first-order valence-electron chi connectivity index (χ1n) is 10.8. The van der Waals surface area contributed by atoms with Crippen LogP contribution in [0.5, 0.6) is 5.75 Å². The number of rotatable bonds is 7. The van der Waals surface area contributed by atoms with Crippen LogP contribution in [0.1, 0.15) is 5.56 Å². The van der Waals surface area contributed by atoms with Crippen molar-refractivity contribution in [1.29, 1.82) is 0 Å². The third-order valence-corrected chi connectivity index (χ3v) is 6.57. The van der Waals surface area contributed by atoms with Crippen LogP contribution in [-0.4, -0.2) is 34.4 Å². The van der Waals surface area contributed by atoms with Crippen molar-refractivity contribution in [2.24, 2.45) is 0 Å². The number of ether oxygens (including phenoxy) is 1. The van der Waals surface area contributed by atoms with E-state index in [0.717, 1.165) is 29.1 Å². The molecule has 0 unspecified atom stereocenters. The lowest BCUT2D eigenvalue weighted by molar-refractivity contribution is -0.116. The highest BCUT2D eigenvalue weighted by Crippen LogP contribution is 2.32. The fourth-order valence-electron chi connectivity index (χ4n) is 4.08. The van der Waals surface area contributed by atoms with Gasteiger partial charge in [0.05, 0.1) is 17.6 Å². The van der Waals surface area contributed by atoms with E-state index in [9.17, 15) is 13.6 Å². The van der Waals surface area contributed by atoms with Gasteiger partial charge in [0.1, 0.15) is 5.75 Å². The Balaban J connectivity index is 1.42. The van der Waals surface area contributed by atoms with Gasteiger partial charge in [0.2, 0.25) is 5.91 Å². The molecule has 34 heavy (non-hydrogen) atoms. The molecule has 1 amide bonds. The highest BCUT2D eigenvalue weighted by molar-refractivity contribution is 7.99. The fourth-order valence-corrected chi connectivity index (χ4v) is 4.95. The van der Waals surface area contributed by atoms with Crippen LogP contribution in [0.25, 0.3) is 16.9 Å². The second-order valence-corrected chi connectivity index (χ2v) is 8.66. The molecule has 1 aliphatic rings. The van der Waals surface area contributed by atoms with E-state index >= 15 is 0 Å². The first kappa shape index (κ1) is 22.2. The van der Waals surface area contributed by atoms with Gasteiger partial charge in [-0.15, -0.1) is 0 Å². The van der Waals surface area contributed by atoms with Crippen LogP contribution >= 0.6 is 11.8 Å². The number of carbonyl (C=O) groups is 1. The molecule has 172 valence electrons. The number of benzene rings is 3. The van der Waals surface area contributed by atoms with Crippen molar-refractivity contribution in [2.75, 3.05) is 17.2 Å². The molecule has 4 aromatic rings. The van der Waals surface area contributed by atoms with Crippen molar-refractivity contribution in [3.8, 4) is 22.7 Å². The summed E-state index contributed by atoms with van der Waals surface area (Å²) in [6, 6.07) is 24.1. The van der Waals surface area contributed by atoms with Gasteiger partial charge >= 0.3 is 6.61 Å². The largest absolute Gasteiger partial charge is 0.435 e. The molecule has 1 aliphatic heterocycles. The van der Waals surface area contributed by atoms with E-state index in [-0.39, 0.29) is 17.4 Å². The van der Waals surface area contributed by atoms with Crippen molar-refractivity contribution in [3.05, 3.63) is 90.6 Å². The number of nitrogens with zero attached hydrogens (tertiary/aromatic N) is 3. The standard InChI is InChI=1S/C26H21F2N3O2S/c27-25(28)33-21-12-10-20(11-13-21)31-23(18-6-2-1-3-7-18)16-29-26(31)34-17-24(32)30-15-14-19-8-4-5-9-22(19)30/h1-13,16,25H,14-15,17H2. The minimum atomic E-state index is -2.88. The van der Waals surface area contributed by atoms with Crippen LogP contribution in [-0.2, 0) is 11.2 Å². The molecule has 0 saturated heterocycles. The Hall–Kier alpha value is -3.65. The number of alkyl halides is 2. The smallest absolute Gasteiger partial charge is 0.387 e. The number of anilines is 1. The minimum absolute atomic E-state index is 0.0199. The summed E-state index contributed by atoms with van der Waals surface area (Å²) in [4.78, 5) is 19.4. The molecule has 0 atom stereocenters. The number of hydrogen-bond acceptors (Lipinski definition) is 4. The summed E-state index contributed by atoms with van der Waals surface area (Å²) >= 11 is 1.35. The monoisotopic (exact) mass is 477 g/mol. The van der Waals surface area contributed by atoms with E-state index in [1.165, 1.54) is 29.5 Å². The van der Waals surface area contributed by atoms with Gasteiger partial charge in [0.25, 0.3) is 0 Å². The van der Waals surface area contributed by atoms with Crippen molar-refractivity contribution >= 4 is 23.4 Å². The van der Waals surface area contributed by atoms with Crippen molar-refractivity contribution in [2.45, 2.75) is 18.2 Å². The van der Waals surface area contributed by atoms with Gasteiger partial charge in [0.15, 0.2) is 5.16 Å². The summed E-state index contributed by atoms with van der Waals surface area (Å²) in [7, 11) is 0. The third-order valence-electron chi connectivity index (χ3n) is 5.63. The zero-order valence-electron chi connectivity index (χ0n) is 18.1. The Morgan fingerprint density at radius 1 is 1.00 bits per heavy atom. The van der Waals surface area contributed by atoms with Gasteiger partial charge < -0.3 is 9.64 Å². The predicted molar refractivity (Wildman–Crippen MR) is 129 cm³/mol. The number of aromatic nitrogens is 2. The molecule has 0 bridgehead atoms. The quantitative estimate of drug-likeness (QED) is 0.315. The van der Waals surface area contributed by atoms with E-state index < -0.39 is 6.61 Å². The molecule has 1 aromatic heterocycles. The number of amides is 1. The number of carbonyl (C=O) groups excluding carboxylic acids is 1. The third kappa shape index (κ3) is 4.54. The number of thioether (sulfide) groups is 1. The minimum Gasteiger partial charge on any atom is -0.435 e. The lowest BCUT2D eigenvalue weighted by Crippen LogP contribution is -2.30. The molecular weight excluding hydrogens is 456 g/mol. The second-order valence-electron chi connectivity index (χ2n) is 7.71. The SMILES string of the molecule is O=C(CSc1ncc(-c2ccccc2)n1-c1ccc(OC(F)F)cc1)N1CCc2ccccc21. The van der Waals surface area contributed by atoms with Crippen LogP contribution < -0.4 is 9.64 Å². The summed E-state index contributed by atoms with van der Waals surface area (Å²) in [6.45, 7) is -2.21.